The van der Waals surface area contributed by atoms with Crippen LogP contribution in [0, 0.1) is 11.3 Å². The number of carbonyl (C=O) groups excluding carboxylic acids is 3. The van der Waals surface area contributed by atoms with Crippen LogP contribution in [0.5, 0.6) is 0 Å². The summed E-state index contributed by atoms with van der Waals surface area (Å²) in [4.78, 5) is 46.9. The van der Waals surface area contributed by atoms with Gasteiger partial charge in [0.1, 0.15) is 0 Å². The van der Waals surface area contributed by atoms with Gasteiger partial charge in [-0.1, -0.05) is 43.2 Å². The standard InChI is InChI=1S/C29H36N4O3/c34-26(23-8-4-5-9-23)31-25(22-6-2-1-3-7-22)12-18-32-19-13-29(14-20-32)15-21-33(28(29)36)27(35)24-10-16-30-17-11-24/h1-3,6-7,10-11,16-17,23,25H,4-5,8-9,12-15,18-21H2,(H,31,34)/t25-/m0/s1. The normalized spacial score (nSPS) is 21.1. The summed E-state index contributed by atoms with van der Waals surface area (Å²) in [5, 5.41) is 3.34. The number of likely N-dealkylation sites (tertiary alicyclic amines) is 2. The van der Waals surface area contributed by atoms with Crippen molar-refractivity contribution in [3.8, 4) is 0 Å². The largest absolute Gasteiger partial charge is 0.349 e. The Bertz CT molecular complexity index is 1060. The molecule has 3 heterocycles. The van der Waals surface area contributed by atoms with Crippen molar-refractivity contribution < 1.29 is 14.4 Å². The quantitative estimate of drug-likeness (QED) is 0.597. The van der Waals surface area contributed by atoms with Crippen LogP contribution in [0.1, 0.15) is 73.3 Å². The predicted molar refractivity (Wildman–Crippen MR) is 137 cm³/mol. The average Bonchev–Trinajstić information content (AvgIpc) is 3.57. The fourth-order valence-corrected chi connectivity index (χ4v) is 6.13. The van der Waals surface area contributed by atoms with E-state index in [4.69, 9.17) is 0 Å². The molecule has 2 aliphatic heterocycles. The molecule has 190 valence electrons. The summed E-state index contributed by atoms with van der Waals surface area (Å²) in [7, 11) is 0. The summed E-state index contributed by atoms with van der Waals surface area (Å²) in [5.41, 5.74) is 1.24. The minimum Gasteiger partial charge on any atom is -0.349 e. The zero-order chi connectivity index (χ0) is 25.0. The maximum atomic E-state index is 13.3. The van der Waals surface area contributed by atoms with Crippen LogP contribution in [0.3, 0.4) is 0 Å². The highest BCUT2D eigenvalue weighted by Gasteiger charge is 2.49. The van der Waals surface area contributed by atoms with Gasteiger partial charge in [0.05, 0.1) is 11.5 Å². The summed E-state index contributed by atoms with van der Waals surface area (Å²) in [6, 6.07) is 13.6. The second-order valence-electron chi connectivity index (χ2n) is 10.6. The van der Waals surface area contributed by atoms with E-state index in [9.17, 15) is 14.4 Å². The third kappa shape index (κ3) is 5.21. The monoisotopic (exact) mass is 488 g/mol. The van der Waals surface area contributed by atoms with Crippen LogP contribution in [0.15, 0.2) is 54.9 Å². The Hall–Kier alpha value is -3.06. The number of hydrogen-bond acceptors (Lipinski definition) is 5. The number of benzene rings is 1. The summed E-state index contributed by atoms with van der Waals surface area (Å²) in [5.74, 6) is 0.104. The second-order valence-corrected chi connectivity index (χ2v) is 10.6. The van der Waals surface area contributed by atoms with Gasteiger partial charge in [0, 0.05) is 37.0 Å². The third-order valence-corrected chi connectivity index (χ3v) is 8.48. The number of aromatic nitrogens is 1. The first-order valence-corrected chi connectivity index (χ1v) is 13.4. The lowest BCUT2D eigenvalue weighted by molar-refractivity contribution is -0.136. The van der Waals surface area contributed by atoms with Crippen molar-refractivity contribution >= 4 is 17.7 Å². The SMILES string of the molecule is O=C(N[C@@H](CCN1CCC2(CC1)CCN(C(=O)c1ccncc1)C2=O)c1ccccc1)C1CCCC1. The van der Waals surface area contributed by atoms with Gasteiger partial charge in [0.25, 0.3) is 5.91 Å². The van der Waals surface area contributed by atoms with Gasteiger partial charge in [0.2, 0.25) is 11.8 Å². The van der Waals surface area contributed by atoms with Gasteiger partial charge in [0.15, 0.2) is 0 Å². The molecule has 2 aromatic rings. The minimum atomic E-state index is -0.422. The van der Waals surface area contributed by atoms with Crippen LogP contribution in [0.4, 0.5) is 0 Å². The van der Waals surface area contributed by atoms with E-state index in [1.807, 2.05) is 18.2 Å². The first-order valence-electron chi connectivity index (χ1n) is 13.4. The van der Waals surface area contributed by atoms with Crippen LogP contribution in [-0.2, 0) is 9.59 Å². The smallest absolute Gasteiger partial charge is 0.260 e. The van der Waals surface area contributed by atoms with Crippen LogP contribution >= 0.6 is 0 Å². The Morgan fingerprint density at radius 2 is 1.64 bits per heavy atom. The van der Waals surface area contributed by atoms with Gasteiger partial charge in [-0.2, -0.15) is 0 Å². The van der Waals surface area contributed by atoms with Crippen molar-refractivity contribution in [2.24, 2.45) is 11.3 Å². The van der Waals surface area contributed by atoms with Crippen molar-refractivity contribution in [2.45, 2.75) is 57.4 Å². The van der Waals surface area contributed by atoms with Crippen LogP contribution in [0.2, 0.25) is 0 Å². The number of nitrogens with one attached hydrogen (secondary N) is 1. The molecule has 0 radical (unpaired) electrons. The molecular formula is C29H36N4O3. The molecule has 1 aromatic heterocycles. The van der Waals surface area contributed by atoms with E-state index in [-0.39, 0.29) is 29.7 Å². The lowest BCUT2D eigenvalue weighted by atomic mass is 9.77. The van der Waals surface area contributed by atoms with E-state index in [2.05, 4.69) is 27.3 Å². The molecule has 3 fully saturated rings. The minimum absolute atomic E-state index is 0.00299. The fourth-order valence-electron chi connectivity index (χ4n) is 6.13. The zero-order valence-corrected chi connectivity index (χ0v) is 20.9. The van der Waals surface area contributed by atoms with E-state index < -0.39 is 5.41 Å². The Morgan fingerprint density at radius 1 is 0.972 bits per heavy atom. The third-order valence-electron chi connectivity index (χ3n) is 8.48. The molecule has 3 aliphatic rings. The molecule has 1 aliphatic carbocycles. The topological polar surface area (TPSA) is 82.6 Å². The van der Waals surface area contributed by atoms with Crippen molar-refractivity contribution in [3.05, 3.63) is 66.0 Å². The number of nitrogens with zero attached hydrogens (tertiary/aromatic N) is 3. The number of piperidine rings is 1. The summed E-state index contributed by atoms with van der Waals surface area (Å²) < 4.78 is 0. The lowest BCUT2D eigenvalue weighted by Gasteiger charge is -2.38. The number of pyridine rings is 1. The zero-order valence-electron chi connectivity index (χ0n) is 20.9. The van der Waals surface area contributed by atoms with E-state index >= 15 is 0 Å². The predicted octanol–water partition coefficient (Wildman–Crippen LogP) is 3.97. The molecule has 7 nitrogen and oxygen atoms in total. The Labute approximate surface area is 213 Å². The highest BCUT2D eigenvalue weighted by Crippen LogP contribution is 2.42. The molecule has 3 amide bonds. The fraction of sp³-hybridized carbons (Fsp3) is 0.517. The molecule has 7 heteroatoms. The first kappa shape index (κ1) is 24.6. The number of carbonyl (C=O) groups is 3. The Balaban J connectivity index is 1.17. The maximum Gasteiger partial charge on any atom is 0.260 e. The Kier molecular flexibility index (Phi) is 7.46. The van der Waals surface area contributed by atoms with Gasteiger partial charge in [-0.15, -0.1) is 0 Å². The summed E-state index contributed by atoms with van der Waals surface area (Å²) in [6.45, 7) is 3.03. The highest BCUT2D eigenvalue weighted by atomic mass is 16.2. The number of rotatable bonds is 7. The van der Waals surface area contributed by atoms with E-state index in [0.29, 0.717) is 12.1 Å². The molecule has 1 spiro atoms. The van der Waals surface area contributed by atoms with Gasteiger partial charge in [-0.3, -0.25) is 24.3 Å². The molecule has 5 rings (SSSR count). The van der Waals surface area contributed by atoms with Gasteiger partial charge >= 0.3 is 0 Å². The molecule has 0 unspecified atom stereocenters. The Morgan fingerprint density at radius 3 is 2.33 bits per heavy atom. The van der Waals surface area contributed by atoms with Gasteiger partial charge < -0.3 is 10.2 Å². The van der Waals surface area contributed by atoms with Gasteiger partial charge in [-0.05, 0) is 69.3 Å². The molecule has 1 atom stereocenters. The van der Waals surface area contributed by atoms with Crippen molar-refractivity contribution in [2.75, 3.05) is 26.2 Å². The van der Waals surface area contributed by atoms with E-state index in [1.54, 1.807) is 24.5 Å². The van der Waals surface area contributed by atoms with Crippen molar-refractivity contribution in [1.82, 2.24) is 20.1 Å². The van der Waals surface area contributed by atoms with Crippen molar-refractivity contribution in [3.63, 3.8) is 0 Å². The maximum absolute atomic E-state index is 13.3. The molecule has 0 bridgehead atoms. The number of amides is 3. The van der Waals surface area contributed by atoms with E-state index in [0.717, 1.165) is 76.6 Å². The van der Waals surface area contributed by atoms with Gasteiger partial charge in [-0.25, -0.2) is 0 Å². The molecule has 1 aromatic carbocycles. The average molecular weight is 489 g/mol. The van der Waals surface area contributed by atoms with Crippen LogP contribution in [-0.4, -0.2) is 58.7 Å². The van der Waals surface area contributed by atoms with Crippen molar-refractivity contribution in [1.29, 1.82) is 0 Å². The molecular weight excluding hydrogens is 452 g/mol. The summed E-state index contributed by atoms with van der Waals surface area (Å²) >= 11 is 0. The molecule has 36 heavy (non-hydrogen) atoms. The number of hydrogen-bond donors (Lipinski definition) is 1. The molecule has 2 saturated heterocycles. The highest BCUT2D eigenvalue weighted by molar-refractivity contribution is 6.07. The van der Waals surface area contributed by atoms with E-state index in [1.165, 1.54) is 4.90 Å². The number of imide groups is 1. The first-order chi connectivity index (χ1) is 17.6. The molecule has 1 saturated carbocycles. The lowest BCUT2D eigenvalue weighted by Crippen LogP contribution is -2.46. The summed E-state index contributed by atoms with van der Waals surface area (Å²) in [6.07, 6.45) is 10.6. The van der Waals surface area contributed by atoms with Crippen LogP contribution in [0.25, 0.3) is 0 Å². The molecule has 1 N–H and O–H groups in total. The van der Waals surface area contributed by atoms with Crippen LogP contribution < -0.4 is 5.32 Å². The second kappa shape index (κ2) is 10.9.